The van der Waals surface area contributed by atoms with Crippen molar-refractivity contribution in [3.8, 4) is 5.75 Å². The van der Waals surface area contributed by atoms with Crippen molar-refractivity contribution in [2.45, 2.75) is 32.5 Å². The van der Waals surface area contributed by atoms with Gasteiger partial charge in [0.05, 0.1) is 5.92 Å². The summed E-state index contributed by atoms with van der Waals surface area (Å²) in [7, 11) is 0. The summed E-state index contributed by atoms with van der Waals surface area (Å²) < 4.78 is 37.8. The lowest BCUT2D eigenvalue weighted by molar-refractivity contribution is -0.164. The topological polar surface area (TPSA) is 43.8 Å². The molecule has 1 aromatic carbocycles. The first-order valence-electron chi connectivity index (χ1n) is 8.14. The van der Waals surface area contributed by atoms with Gasteiger partial charge in [-0.15, -0.1) is 0 Å². The Labute approximate surface area is 139 Å². The highest BCUT2D eigenvalue weighted by molar-refractivity contribution is 5.79. The molecule has 2 rings (SSSR count). The van der Waals surface area contributed by atoms with Crippen molar-refractivity contribution in [2.75, 3.05) is 26.2 Å². The average molecular weight is 344 g/mol. The highest BCUT2D eigenvalue weighted by atomic mass is 19.4. The second-order valence-electron chi connectivity index (χ2n) is 6.21. The molecule has 0 unspecified atom stereocenters. The van der Waals surface area contributed by atoms with Crippen molar-refractivity contribution in [2.24, 2.45) is 5.92 Å². The maximum atomic E-state index is 12.6. The van der Waals surface area contributed by atoms with E-state index >= 15 is 0 Å². The molecule has 0 radical (unpaired) electrons. The largest absolute Gasteiger partial charge is 0.508 e. The highest BCUT2D eigenvalue weighted by Gasteiger charge is 2.35. The molecule has 1 aliphatic heterocycles. The lowest BCUT2D eigenvalue weighted by Gasteiger charge is -2.35. The predicted molar refractivity (Wildman–Crippen MR) is 84.4 cm³/mol. The van der Waals surface area contributed by atoms with Crippen molar-refractivity contribution in [1.82, 2.24) is 9.80 Å². The number of likely N-dealkylation sites (tertiary alicyclic amines) is 1. The number of carbonyl (C=O) groups excluding carboxylic acids is 1. The summed E-state index contributed by atoms with van der Waals surface area (Å²) in [5, 5.41) is 9.30. The molecule has 24 heavy (non-hydrogen) atoms. The van der Waals surface area contributed by atoms with Gasteiger partial charge in [0.25, 0.3) is 0 Å². The highest BCUT2D eigenvalue weighted by Crippen LogP contribution is 2.23. The molecule has 1 amide bonds. The minimum atomic E-state index is -4.37. The van der Waals surface area contributed by atoms with Gasteiger partial charge in [-0.25, -0.2) is 0 Å². The van der Waals surface area contributed by atoms with E-state index in [0.29, 0.717) is 19.5 Å². The second kappa shape index (κ2) is 7.88. The van der Waals surface area contributed by atoms with Gasteiger partial charge in [-0.05, 0) is 44.0 Å². The molecule has 1 atom stereocenters. The number of piperidine rings is 1. The fourth-order valence-electron chi connectivity index (χ4n) is 3.08. The molecule has 1 aliphatic rings. The zero-order valence-corrected chi connectivity index (χ0v) is 13.7. The fourth-order valence-corrected chi connectivity index (χ4v) is 3.08. The molecule has 134 valence electrons. The molecule has 0 bridgehead atoms. The van der Waals surface area contributed by atoms with Crippen LogP contribution in [0.25, 0.3) is 0 Å². The van der Waals surface area contributed by atoms with Crippen LogP contribution in [0.5, 0.6) is 5.75 Å². The third-order valence-corrected chi connectivity index (χ3v) is 4.26. The Balaban J connectivity index is 1.96. The number of halogens is 3. The molecule has 0 aromatic heterocycles. The first-order valence-corrected chi connectivity index (χ1v) is 8.14. The summed E-state index contributed by atoms with van der Waals surface area (Å²) in [5.41, 5.74) is 1.00. The van der Waals surface area contributed by atoms with Crippen LogP contribution in [0.4, 0.5) is 13.2 Å². The van der Waals surface area contributed by atoms with Crippen molar-refractivity contribution >= 4 is 5.91 Å². The van der Waals surface area contributed by atoms with Crippen LogP contribution in [0.3, 0.4) is 0 Å². The number of nitrogens with zero attached hydrogens (tertiary/aromatic N) is 2. The van der Waals surface area contributed by atoms with Gasteiger partial charge in [0.2, 0.25) is 5.91 Å². The van der Waals surface area contributed by atoms with E-state index in [1.54, 1.807) is 19.1 Å². The quantitative estimate of drug-likeness (QED) is 0.893. The molecule has 1 heterocycles. The minimum Gasteiger partial charge on any atom is -0.508 e. The Morgan fingerprint density at radius 1 is 1.33 bits per heavy atom. The van der Waals surface area contributed by atoms with Gasteiger partial charge in [0, 0.05) is 19.6 Å². The van der Waals surface area contributed by atoms with E-state index in [1.807, 2.05) is 12.1 Å². The molecule has 1 aromatic rings. The van der Waals surface area contributed by atoms with Crippen LogP contribution < -0.4 is 0 Å². The number of carbonyl (C=O) groups is 1. The van der Waals surface area contributed by atoms with Gasteiger partial charge in [0.1, 0.15) is 12.3 Å². The van der Waals surface area contributed by atoms with Gasteiger partial charge in [0.15, 0.2) is 0 Å². The molecule has 1 N–H and O–H groups in total. The number of hydrogen-bond acceptors (Lipinski definition) is 3. The van der Waals surface area contributed by atoms with Crippen LogP contribution in [-0.2, 0) is 11.3 Å². The number of phenols is 1. The van der Waals surface area contributed by atoms with Gasteiger partial charge >= 0.3 is 6.18 Å². The van der Waals surface area contributed by atoms with E-state index in [4.69, 9.17) is 0 Å². The second-order valence-corrected chi connectivity index (χ2v) is 6.21. The number of aromatic hydroxyl groups is 1. The predicted octanol–water partition coefficient (Wildman–Crippen LogP) is 3.02. The normalized spacial score (nSPS) is 19.2. The van der Waals surface area contributed by atoms with Crippen LogP contribution in [0, 0.1) is 5.92 Å². The summed E-state index contributed by atoms with van der Waals surface area (Å²) in [6.07, 6.45) is -2.95. The Hall–Kier alpha value is -1.76. The maximum Gasteiger partial charge on any atom is 0.406 e. The number of hydrogen-bond donors (Lipinski definition) is 1. The summed E-state index contributed by atoms with van der Waals surface area (Å²) >= 11 is 0. The molecule has 0 aliphatic carbocycles. The van der Waals surface area contributed by atoms with Crippen molar-refractivity contribution in [1.29, 1.82) is 0 Å². The third kappa shape index (κ3) is 5.40. The van der Waals surface area contributed by atoms with Crippen molar-refractivity contribution in [3.63, 3.8) is 0 Å². The smallest absolute Gasteiger partial charge is 0.406 e. The fraction of sp³-hybridized carbons (Fsp3) is 0.588. The Bertz CT molecular complexity index is 546. The molecule has 1 fully saturated rings. The first kappa shape index (κ1) is 18.6. The van der Waals surface area contributed by atoms with Crippen LogP contribution in [0.15, 0.2) is 24.3 Å². The number of alkyl halides is 3. The van der Waals surface area contributed by atoms with Gasteiger partial charge < -0.3 is 10.0 Å². The van der Waals surface area contributed by atoms with Crippen LogP contribution >= 0.6 is 0 Å². The lowest BCUT2D eigenvalue weighted by atomic mass is 9.96. The van der Waals surface area contributed by atoms with Crippen LogP contribution in [0.1, 0.15) is 25.3 Å². The van der Waals surface area contributed by atoms with E-state index in [0.717, 1.165) is 23.4 Å². The number of rotatable bonds is 5. The molecule has 0 spiro atoms. The third-order valence-electron chi connectivity index (χ3n) is 4.26. The molecular formula is C17H23F3N2O2. The van der Waals surface area contributed by atoms with Gasteiger partial charge in [-0.2, -0.15) is 13.2 Å². The molecular weight excluding hydrogens is 321 g/mol. The Kier molecular flexibility index (Phi) is 6.10. The first-order chi connectivity index (χ1) is 11.3. The average Bonchev–Trinajstić information content (AvgIpc) is 2.53. The SMILES string of the molecule is CCN(CC(F)(F)F)C(=O)[C@H]1CCCN(Cc2ccc(O)cc2)C1. The number of benzene rings is 1. The van der Waals surface area contributed by atoms with Gasteiger partial charge in [-0.1, -0.05) is 12.1 Å². The van der Waals surface area contributed by atoms with Crippen LogP contribution in [-0.4, -0.2) is 53.2 Å². The Morgan fingerprint density at radius 3 is 2.58 bits per heavy atom. The van der Waals surface area contributed by atoms with Gasteiger partial charge in [-0.3, -0.25) is 9.69 Å². The zero-order chi connectivity index (χ0) is 17.7. The summed E-state index contributed by atoms with van der Waals surface area (Å²) in [6.45, 7) is 2.35. The molecule has 7 heteroatoms. The summed E-state index contributed by atoms with van der Waals surface area (Å²) in [4.78, 5) is 15.4. The zero-order valence-electron chi connectivity index (χ0n) is 13.7. The minimum absolute atomic E-state index is 0.0623. The van der Waals surface area contributed by atoms with E-state index in [2.05, 4.69) is 4.90 Å². The summed E-state index contributed by atoms with van der Waals surface area (Å²) in [6, 6.07) is 6.82. The maximum absolute atomic E-state index is 12.6. The van der Waals surface area contributed by atoms with Crippen LogP contribution in [0.2, 0.25) is 0 Å². The Morgan fingerprint density at radius 2 is 2.00 bits per heavy atom. The summed E-state index contributed by atoms with van der Waals surface area (Å²) in [5.74, 6) is -0.611. The van der Waals surface area contributed by atoms with Crippen molar-refractivity contribution < 1.29 is 23.1 Å². The van der Waals surface area contributed by atoms with Crippen molar-refractivity contribution in [3.05, 3.63) is 29.8 Å². The standard InChI is InChI=1S/C17H23F3N2O2/c1-2-22(12-17(18,19)20)16(24)14-4-3-9-21(11-14)10-13-5-7-15(23)8-6-13/h5-8,14,23H,2-4,9-12H2,1H3/t14-/m0/s1. The van der Waals surface area contributed by atoms with E-state index in [-0.39, 0.29) is 12.3 Å². The lowest BCUT2D eigenvalue weighted by Crippen LogP contribution is -2.47. The molecule has 1 saturated heterocycles. The monoisotopic (exact) mass is 344 g/mol. The van der Waals surface area contributed by atoms with E-state index in [9.17, 15) is 23.1 Å². The molecule has 4 nitrogen and oxygen atoms in total. The number of phenolic OH excluding ortho intramolecular Hbond substituents is 1. The number of amides is 1. The van der Waals surface area contributed by atoms with E-state index in [1.165, 1.54) is 0 Å². The molecule has 0 saturated carbocycles. The van der Waals surface area contributed by atoms with E-state index < -0.39 is 24.5 Å².